The SMILES string of the molecule is O=S([O-])CNc1ccc(O)cc1. The third-order valence-corrected chi connectivity index (χ3v) is 1.64. The first-order valence-corrected chi connectivity index (χ1v) is 4.51. The molecule has 1 unspecified atom stereocenters. The zero-order chi connectivity index (χ0) is 8.97. The summed E-state index contributed by atoms with van der Waals surface area (Å²) in [6, 6.07) is 6.16. The van der Waals surface area contributed by atoms with Gasteiger partial charge < -0.3 is 15.0 Å². The largest absolute Gasteiger partial charge is 0.771 e. The van der Waals surface area contributed by atoms with Crippen LogP contribution < -0.4 is 5.32 Å². The molecule has 0 amide bonds. The fraction of sp³-hybridized carbons (Fsp3) is 0.143. The van der Waals surface area contributed by atoms with Crippen molar-refractivity contribution in [3.8, 4) is 5.75 Å². The van der Waals surface area contributed by atoms with E-state index in [2.05, 4.69) is 5.32 Å². The van der Waals surface area contributed by atoms with E-state index >= 15 is 0 Å². The van der Waals surface area contributed by atoms with Crippen molar-refractivity contribution in [3.05, 3.63) is 24.3 Å². The first kappa shape index (κ1) is 9.02. The molecular weight excluding hydrogens is 178 g/mol. The lowest BCUT2D eigenvalue weighted by atomic mass is 10.3. The van der Waals surface area contributed by atoms with Crippen molar-refractivity contribution in [2.45, 2.75) is 0 Å². The van der Waals surface area contributed by atoms with Crippen molar-refractivity contribution >= 4 is 16.8 Å². The number of benzene rings is 1. The minimum Gasteiger partial charge on any atom is -0.771 e. The second-order valence-electron chi connectivity index (χ2n) is 2.17. The van der Waals surface area contributed by atoms with Gasteiger partial charge in [0.2, 0.25) is 0 Å². The van der Waals surface area contributed by atoms with Gasteiger partial charge in [-0.3, -0.25) is 4.21 Å². The van der Waals surface area contributed by atoms with Gasteiger partial charge in [0.1, 0.15) is 5.75 Å². The number of nitrogens with one attached hydrogen (secondary N) is 1. The van der Waals surface area contributed by atoms with E-state index in [0.717, 1.165) is 0 Å². The first-order chi connectivity index (χ1) is 5.68. The van der Waals surface area contributed by atoms with Gasteiger partial charge >= 0.3 is 0 Å². The average Bonchev–Trinajstić information content (AvgIpc) is 2.03. The predicted octanol–water partition coefficient (Wildman–Crippen LogP) is 0.641. The lowest BCUT2D eigenvalue weighted by molar-refractivity contribution is 0.475. The smallest absolute Gasteiger partial charge is 0.115 e. The zero-order valence-electron chi connectivity index (χ0n) is 6.19. The summed E-state index contributed by atoms with van der Waals surface area (Å²) in [4.78, 5) is 0. The molecule has 0 spiro atoms. The van der Waals surface area contributed by atoms with E-state index in [1.54, 1.807) is 12.1 Å². The molecule has 2 N–H and O–H groups in total. The molecule has 12 heavy (non-hydrogen) atoms. The third kappa shape index (κ3) is 2.89. The fourth-order valence-electron chi connectivity index (χ4n) is 0.722. The predicted molar refractivity (Wildman–Crippen MR) is 45.5 cm³/mol. The highest BCUT2D eigenvalue weighted by Gasteiger charge is 1.90. The summed E-state index contributed by atoms with van der Waals surface area (Å²) >= 11 is -2.10. The number of hydrogen-bond donors (Lipinski definition) is 2. The molecule has 0 bridgehead atoms. The minimum atomic E-state index is -2.10. The highest BCUT2D eigenvalue weighted by atomic mass is 32.2. The Labute approximate surface area is 72.5 Å². The van der Waals surface area contributed by atoms with Gasteiger partial charge in [-0.15, -0.1) is 0 Å². The van der Waals surface area contributed by atoms with Gasteiger partial charge in [-0.2, -0.15) is 0 Å². The van der Waals surface area contributed by atoms with Crippen molar-refractivity contribution in [1.29, 1.82) is 0 Å². The standard InChI is InChI=1S/C7H9NO3S/c9-7-3-1-6(2-4-7)8-5-12(10)11/h1-4,8-9H,5H2,(H,10,11)/p-1. The lowest BCUT2D eigenvalue weighted by Crippen LogP contribution is -2.06. The molecule has 0 fully saturated rings. The number of phenolic OH excluding ortho intramolecular Hbond substituents is 1. The molecular formula is C7H8NO3S-. The van der Waals surface area contributed by atoms with Crippen LogP contribution >= 0.6 is 0 Å². The number of phenols is 1. The van der Waals surface area contributed by atoms with Crippen LogP contribution in [0.3, 0.4) is 0 Å². The van der Waals surface area contributed by atoms with Gasteiger partial charge in [0.25, 0.3) is 0 Å². The maximum absolute atomic E-state index is 10.1. The van der Waals surface area contributed by atoms with Crippen molar-refractivity contribution in [2.75, 3.05) is 11.2 Å². The number of rotatable bonds is 3. The molecule has 1 rings (SSSR count). The van der Waals surface area contributed by atoms with Crippen LogP contribution in [0.15, 0.2) is 24.3 Å². The normalized spacial score (nSPS) is 12.4. The summed E-state index contributed by atoms with van der Waals surface area (Å²) in [5, 5.41) is 11.5. The minimum absolute atomic E-state index is 0.120. The number of aromatic hydroxyl groups is 1. The molecule has 0 saturated carbocycles. The molecule has 66 valence electrons. The molecule has 4 nitrogen and oxygen atoms in total. The Kier molecular flexibility index (Phi) is 3.07. The van der Waals surface area contributed by atoms with Crippen LogP contribution in [0.1, 0.15) is 0 Å². The Bertz CT molecular complexity index is 272. The van der Waals surface area contributed by atoms with Crippen LogP contribution in [-0.2, 0) is 11.1 Å². The molecule has 0 saturated heterocycles. The van der Waals surface area contributed by atoms with Gasteiger partial charge in [0.15, 0.2) is 0 Å². The molecule has 0 heterocycles. The summed E-state index contributed by atoms with van der Waals surface area (Å²) in [5.74, 6) is 0.0360. The molecule has 1 aromatic rings. The van der Waals surface area contributed by atoms with E-state index in [-0.39, 0.29) is 11.6 Å². The van der Waals surface area contributed by atoms with Gasteiger partial charge in [0, 0.05) is 5.69 Å². The van der Waals surface area contributed by atoms with Crippen LogP contribution in [0.2, 0.25) is 0 Å². The summed E-state index contributed by atoms with van der Waals surface area (Å²) < 4.78 is 20.3. The number of anilines is 1. The molecule has 0 radical (unpaired) electrons. The van der Waals surface area contributed by atoms with Crippen LogP contribution in [-0.4, -0.2) is 19.7 Å². The van der Waals surface area contributed by atoms with Crippen LogP contribution in [0.4, 0.5) is 5.69 Å². The van der Waals surface area contributed by atoms with E-state index < -0.39 is 11.1 Å². The van der Waals surface area contributed by atoms with Crippen molar-refractivity contribution < 1.29 is 13.9 Å². The fourth-order valence-corrected chi connectivity index (χ4v) is 1.01. The summed E-state index contributed by atoms with van der Waals surface area (Å²) in [6.45, 7) is 0. The van der Waals surface area contributed by atoms with Gasteiger partial charge in [-0.25, -0.2) is 0 Å². The molecule has 0 aliphatic carbocycles. The maximum Gasteiger partial charge on any atom is 0.115 e. The Hall–Kier alpha value is -1.07. The quantitative estimate of drug-likeness (QED) is 0.536. The highest BCUT2D eigenvalue weighted by molar-refractivity contribution is 7.79. The van der Waals surface area contributed by atoms with Crippen molar-refractivity contribution in [2.24, 2.45) is 0 Å². The number of hydrogen-bond acceptors (Lipinski definition) is 4. The third-order valence-electron chi connectivity index (χ3n) is 1.26. The summed E-state index contributed by atoms with van der Waals surface area (Å²) in [6.07, 6.45) is 0. The second kappa shape index (κ2) is 4.08. The molecule has 0 aliphatic rings. The maximum atomic E-state index is 10.1. The highest BCUT2D eigenvalue weighted by Crippen LogP contribution is 2.13. The van der Waals surface area contributed by atoms with Gasteiger partial charge in [-0.05, 0) is 35.3 Å². The topological polar surface area (TPSA) is 72.4 Å². The first-order valence-electron chi connectivity index (χ1n) is 3.27. The van der Waals surface area contributed by atoms with Crippen LogP contribution in [0.5, 0.6) is 5.75 Å². The van der Waals surface area contributed by atoms with E-state index in [9.17, 15) is 8.76 Å². The van der Waals surface area contributed by atoms with Crippen LogP contribution in [0, 0.1) is 0 Å². The molecule has 0 aromatic heterocycles. The molecule has 1 atom stereocenters. The summed E-state index contributed by atoms with van der Waals surface area (Å²) in [7, 11) is 0. The van der Waals surface area contributed by atoms with Crippen molar-refractivity contribution in [1.82, 2.24) is 0 Å². The monoisotopic (exact) mass is 186 g/mol. The Morgan fingerprint density at radius 1 is 1.42 bits per heavy atom. The molecule has 5 heteroatoms. The van der Waals surface area contributed by atoms with Gasteiger partial charge in [-0.1, -0.05) is 0 Å². The zero-order valence-corrected chi connectivity index (χ0v) is 7.00. The van der Waals surface area contributed by atoms with Crippen molar-refractivity contribution in [3.63, 3.8) is 0 Å². The van der Waals surface area contributed by atoms with E-state index in [0.29, 0.717) is 5.69 Å². The molecule has 1 aromatic carbocycles. The lowest BCUT2D eigenvalue weighted by Gasteiger charge is -2.07. The van der Waals surface area contributed by atoms with E-state index in [4.69, 9.17) is 5.11 Å². The summed E-state index contributed by atoms with van der Waals surface area (Å²) in [5.41, 5.74) is 0.664. The Morgan fingerprint density at radius 3 is 2.50 bits per heavy atom. The average molecular weight is 186 g/mol. The van der Waals surface area contributed by atoms with Crippen LogP contribution in [0.25, 0.3) is 0 Å². The molecule has 0 aliphatic heterocycles. The van der Waals surface area contributed by atoms with E-state index in [1.165, 1.54) is 12.1 Å². The second-order valence-corrected chi connectivity index (χ2v) is 3.07. The Balaban J connectivity index is 2.53. The van der Waals surface area contributed by atoms with E-state index in [1.807, 2.05) is 0 Å². The Morgan fingerprint density at radius 2 is 2.00 bits per heavy atom. The van der Waals surface area contributed by atoms with Gasteiger partial charge in [0.05, 0.1) is 5.88 Å².